The Bertz CT molecular complexity index is 1320. The number of nitrogens with one attached hydrogen (secondary N) is 2. The molecule has 0 spiro atoms. The average molecular weight is 540 g/mol. The van der Waals surface area contributed by atoms with Crippen molar-refractivity contribution in [2.45, 2.75) is 69.4 Å². The maximum atomic E-state index is 14.6. The molecule has 0 unspecified atom stereocenters. The van der Waals surface area contributed by atoms with Crippen molar-refractivity contribution in [3.05, 3.63) is 35.0 Å². The van der Waals surface area contributed by atoms with Gasteiger partial charge in [0.05, 0.1) is 16.9 Å². The number of alkyl halides is 2. The number of anilines is 3. The monoisotopic (exact) mass is 539 g/mol. The minimum absolute atomic E-state index is 0.153. The second-order valence-electron chi connectivity index (χ2n) is 9.74. The number of carbonyl (C=O) groups excluding carboxylic acids is 1. The molecular formula is C24H26ClF4N7O. The van der Waals surface area contributed by atoms with E-state index in [9.17, 15) is 22.4 Å². The standard InChI is InChI=1S/C24H26ClF4N7O/c25-15-5-6-16(19(27)18(15)26)33-23-34-17-11-31-22(32-13-7-9-24(28,29)10-8-13)35-21(17)36(23)14-3-1-12(2-4-14)20(30)37/h5-6,11-14H,1-4,7-10H2,(H2,30,37)(H,33,34)(H,31,32,35)/t12-,14+. The number of carbonyl (C=O) groups is 1. The normalized spacial score (nSPS) is 22.2. The molecule has 2 aliphatic carbocycles. The number of nitrogens with zero attached hydrogens (tertiary/aromatic N) is 4. The minimum Gasteiger partial charge on any atom is -0.369 e. The van der Waals surface area contributed by atoms with E-state index in [1.54, 1.807) is 4.57 Å². The van der Waals surface area contributed by atoms with Gasteiger partial charge in [-0.2, -0.15) is 4.98 Å². The Morgan fingerprint density at radius 3 is 2.43 bits per heavy atom. The van der Waals surface area contributed by atoms with Crippen LogP contribution >= 0.6 is 11.6 Å². The van der Waals surface area contributed by atoms with Gasteiger partial charge in [-0.25, -0.2) is 27.5 Å². The number of hydrogen-bond acceptors (Lipinski definition) is 6. The van der Waals surface area contributed by atoms with Gasteiger partial charge >= 0.3 is 0 Å². The highest BCUT2D eigenvalue weighted by molar-refractivity contribution is 6.30. The number of primary amides is 1. The summed E-state index contributed by atoms with van der Waals surface area (Å²) in [5, 5.41) is 5.65. The lowest BCUT2D eigenvalue weighted by molar-refractivity contribution is -0.122. The van der Waals surface area contributed by atoms with Gasteiger partial charge in [0.25, 0.3) is 0 Å². The van der Waals surface area contributed by atoms with E-state index in [1.165, 1.54) is 18.3 Å². The van der Waals surface area contributed by atoms with Crippen LogP contribution in [0, 0.1) is 17.6 Å². The highest BCUT2D eigenvalue weighted by Gasteiger charge is 2.35. The van der Waals surface area contributed by atoms with Crippen LogP contribution in [-0.4, -0.2) is 37.4 Å². The van der Waals surface area contributed by atoms with E-state index >= 15 is 0 Å². The fraction of sp³-hybridized carbons (Fsp3) is 0.500. The largest absolute Gasteiger partial charge is 0.369 e. The Balaban J connectivity index is 1.48. The predicted octanol–water partition coefficient (Wildman–Crippen LogP) is 5.71. The van der Waals surface area contributed by atoms with E-state index in [4.69, 9.17) is 17.3 Å². The van der Waals surface area contributed by atoms with Crippen molar-refractivity contribution in [1.82, 2.24) is 19.5 Å². The third kappa shape index (κ3) is 5.29. The molecule has 2 saturated carbocycles. The van der Waals surface area contributed by atoms with Crippen LogP contribution in [0.2, 0.25) is 5.02 Å². The topological polar surface area (TPSA) is 111 Å². The fourth-order valence-electron chi connectivity index (χ4n) is 5.12. The van der Waals surface area contributed by atoms with Crippen LogP contribution in [0.1, 0.15) is 57.4 Å². The van der Waals surface area contributed by atoms with Crippen LogP contribution in [0.4, 0.5) is 35.1 Å². The van der Waals surface area contributed by atoms with E-state index in [0.29, 0.717) is 49.7 Å². The number of aromatic nitrogens is 4. The van der Waals surface area contributed by atoms with E-state index in [-0.39, 0.29) is 59.4 Å². The Morgan fingerprint density at radius 1 is 1.05 bits per heavy atom. The lowest BCUT2D eigenvalue weighted by Crippen LogP contribution is -2.32. The quantitative estimate of drug-likeness (QED) is 0.273. The number of benzene rings is 1. The summed E-state index contributed by atoms with van der Waals surface area (Å²) in [5.41, 5.74) is 6.19. The van der Waals surface area contributed by atoms with Gasteiger partial charge in [0.1, 0.15) is 5.52 Å². The molecule has 0 saturated heterocycles. The first kappa shape index (κ1) is 25.5. The van der Waals surface area contributed by atoms with Crippen molar-refractivity contribution < 1.29 is 22.4 Å². The molecule has 3 aromatic rings. The molecule has 2 heterocycles. The van der Waals surface area contributed by atoms with Gasteiger partial charge in [-0.1, -0.05) is 11.6 Å². The van der Waals surface area contributed by atoms with E-state index in [2.05, 4.69) is 25.6 Å². The Labute approximate surface area is 215 Å². The zero-order valence-electron chi connectivity index (χ0n) is 19.8. The zero-order valence-corrected chi connectivity index (χ0v) is 20.5. The third-order valence-corrected chi connectivity index (χ3v) is 7.52. The molecule has 0 bridgehead atoms. The van der Waals surface area contributed by atoms with Crippen molar-refractivity contribution in [2.24, 2.45) is 11.7 Å². The highest BCUT2D eigenvalue weighted by atomic mass is 35.5. The lowest BCUT2D eigenvalue weighted by atomic mass is 9.85. The predicted molar refractivity (Wildman–Crippen MR) is 131 cm³/mol. The summed E-state index contributed by atoms with van der Waals surface area (Å²) >= 11 is 5.69. The molecule has 0 atom stereocenters. The molecule has 2 aliphatic rings. The molecule has 37 heavy (non-hydrogen) atoms. The first-order valence-corrected chi connectivity index (χ1v) is 12.6. The van der Waals surface area contributed by atoms with Crippen molar-refractivity contribution in [3.8, 4) is 0 Å². The number of fused-ring (bicyclic) bond motifs is 1. The molecule has 4 N–H and O–H groups in total. The summed E-state index contributed by atoms with van der Waals surface area (Å²) in [6.07, 6.45) is 3.99. The Hall–Kier alpha value is -3.15. The van der Waals surface area contributed by atoms with Gasteiger partial charge in [-0.05, 0) is 50.7 Å². The summed E-state index contributed by atoms with van der Waals surface area (Å²) in [7, 11) is 0. The molecule has 5 rings (SSSR count). The molecule has 0 aliphatic heterocycles. The van der Waals surface area contributed by atoms with Crippen LogP contribution in [0.3, 0.4) is 0 Å². The molecule has 13 heteroatoms. The van der Waals surface area contributed by atoms with Gasteiger partial charge < -0.3 is 16.4 Å². The van der Waals surface area contributed by atoms with Crippen molar-refractivity contribution in [1.29, 1.82) is 0 Å². The van der Waals surface area contributed by atoms with Crippen molar-refractivity contribution >= 4 is 46.3 Å². The average Bonchev–Trinajstić information content (AvgIpc) is 3.23. The molecule has 1 aromatic carbocycles. The SMILES string of the molecule is NC(=O)[C@H]1CC[C@@H](n2c(Nc3ccc(Cl)c(F)c3F)nc3cnc(NC4CCC(F)(F)CC4)nc32)CC1. The van der Waals surface area contributed by atoms with Crippen LogP contribution in [-0.2, 0) is 4.79 Å². The van der Waals surface area contributed by atoms with Gasteiger partial charge in [0.15, 0.2) is 17.3 Å². The number of nitrogens with two attached hydrogens (primary N) is 1. The second kappa shape index (κ2) is 9.96. The first-order valence-electron chi connectivity index (χ1n) is 12.2. The third-order valence-electron chi connectivity index (χ3n) is 7.23. The second-order valence-corrected chi connectivity index (χ2v) is 10.1. The summed E-state index contributed by atoms with van der Waals surface area (Å²) in [6.45, 7) is 0. The van der Waals surface area contributed by atoms with E-state index < -0.39 is 17.6 Å². The number of rotatable bonds is 6. The number of halogens is 5. The Morgan fingerprint density at radius 2 is 1.76 bits per heavy atom. The Kier molecular flexibility index (Phi) is 6.86. The van der Waals surface area contributed by atoms with Crippen LogP contribution < -0.4 is 16.4 Å². The molecule has 198 valence electrons. The summed E-state index contributed by atoms with van der Waals surface area (Å²) in [6, 6.07) is 2.21. The van der Waals surface area contributed by atoms with Crippen LogP contribution in [0.25, 0.3) is 11.2 Å². The first-order chi connectivity index (χ1) is 17.6. The van der Waals surface area contributed by atoms with Gasteiger partial charge in [0, 0.05) is 30.8 Å². The maximum Gasteiger partial charge on any atom is 0.248 e. The molecule has 1 amide bonds. The molecule has 2 aromatic heterocycles. The minimum atomic E-state index is -2.65. The number of amides is 1. The van der Waals surface area contributed by atoms with Crippen molar-refractivity contribution in [2.75, 3.05) is 10.6 Å². The van der Waals surface area contributed by atoms with E-state index in [1.807, 2.05) is 0 Å². The molecule has 0 radical (unpaired) electrons. The van der Waals surface area contributed by atoms with Gasteiger partial charge in [0.2, 0.25) is 23.7 Å². The van der Waals surface area contributed by atoms with E-state index in [0.717, 1.165) is 0 Å². The summed E-state index contributed by atoms with van der Waals surface area (Å²) in [5.74, 6) is -5.07. The number of hydrogen-bond donors (Lipinski definition) is 3. The van der Waals surface area contributed by atoms with Crippen molar-refractivity contribution in [3.63, 3.8) is 0 Å². The van der Waals surface area contributed by atoms with Gasteiger partial charge in [-0.3, -0.25) is 9.36 Å². The summed E-state index contributed by atoms with van der Waals surface area (Å²) < 4.78 is 57.6. The zero-order chi connectivity index (χ0) is 26.3. The maximum absolute atomic E-state index is 14.6. The highest BCUT2D eigenvalue weighted by Crippen LogP contribution is 2.38. The van der Waals surface area contributed by atoms with Crippen LogP contribution in [0.5, 0.6) is 0 Å². The fourth-order valence-corrected chi connectivity index (χ4v) is 5.27. The van der Waals surface area contributed by atoms with Crippen LogP contribution in [0.15, 0.2) is 18.3 Å². The summed E-state index contributed by atoms with van der Waals surface area (Å²) in [4.78, 5) is 25.1. The lowest BCUT2D eigenvalue weighted by Gasteiger charge is -2.29. The molecule has 8 nitrogen and oxygen atoms in total. The van der Waals surface area contributed by atoms with Gasteiger partial charge in [-0.15, -0.1) is 0 Å². The number of imidazole rings is 1. The smallest absolute Gasteiger partial charge is 0.248 e. The molecular weight excluding hydrogens is 514 g/mol. The molecule has 2 fully saturated rings.